The van der Waals surface area contributed by atoms with E-state index in [9.17, 15) is 4.21 Å². The largest absolute Gasteiger partial charge is 0.490 e. The van der Waals surface area contributed by atoms with E-state index in [2.05, 4.69) is 33.8 Å². The molecule has 0 aliphatic carbocycles. The number of hydrogen-bond acceptors (Lipinski definition) is 9. The van der Waals surface area contributed by atoms with Crippen LogP contribution in [0.15, 0.2) is 35.7 Å². The van der Waals surface area contributed by atoms with Crippen LogP contribution in [0.25, 0.3) is 5.70 Å². The average Bonchev–Trinajstić information content (AvgIpc) is 3.35. The van der Waals surface area contributed by atoms with Gasteiger partial charge in [0.1, 0.15) is 22.6 Å². The van der Waals surface area contributed by atoms with Gasteiger partial charge in [0.2, 0.25) is 5.95 Å². The van der Waals surface area contributed by atoms with Crippen LogP contribution in [0.5, 0.6) is 5.75 Å². The van der Waals surface area contributed by atoms with Crippen molar-refractivity contribution < 1.29 is 18.4 Å². The highest BCUT2D eigenvalue weighted by Gasteiger charge is 2.30. The third-order valence-corrected chi connectivity index (χ3v) is 9.31. The number of benzene rings is 1. The van der Waals surface area contributed by atoms with Crippen LogP contribution in [0.2, 0.25) is 0 Å². The van der Waals surface area contributed by atoms with Crippen LogP contribution in [0.3, 0.4) is 0 Å². The summed E-state index contributed by atoms with van der Waals surface area (Å²) in [5.41, 5.74) is 3.09. The zero-order valence-electron chi connectivity index (χ0n) is 21.9. The number of morpholine rings is 1. The van der Waals surface area contributed by atoms with Crippen LogP contribution in [0, 0.1) is 0 Å². The van der Waals surface area contributed by atoms with Gasteiger partial charge in [0.15, 0.2) is 0 Å². The van der Waals surface area contributed by atoms with E-state index >= 15 is 0 Å². The monoisotopic (exact) mass is 539 g/mol. The van der Waals surface area contributed by atoms with Gasteiger partial charge in [-0.2, -0.15) is 4.98 Å². The zero-order chi connectivity index (χ0) is 25.9. The molecule has 204 valence electrons. The summed E-state index contributed by atoms with van der Waals surface area (Å²) >= 11 is 0. The van der Waals surface area contributed by atoms with Gasteiger partial charge in [-0.3, -0.25) is 4.21 Å². The number of rotatable bonds is 7. The zero-order valence-corrected chi connectivity index (χ0v) is 22.7. The van der Waals surface area contributed by atoms with Crippen LogP contribution >= 0.6 is 0 Å². The van der Waals surface area contributed by atoms with Crippen LogP contribution in [0.4, 0.5) is 11.8 Å². The summed E-state index contributed by atoms with van der Waals surface area (Å²) < 4.78 is 30.0. The van der Waals surface area contributed by atoms with E-state index in [1.54, 1.807) is 0 Å². The Kier molecular flexibility index (Phi) is 7.80. The molecule has 4 aliphatic heterocycles. The number of aromatic nitrogens is 2. The van der Waals surface area contributed by atoms with Crippen LogP contribution in [0.1, 0.15) is 36.9 Å². The predicted octanol–water partition coefficient (Wildman–Crippen LogP) is 3.08. The van der Waals surface area contributed by atoms with Crippen LogP contribution < -0.4 is 15.0 Å². The molecule has 1 aromatic heterocycles. The summed E-state index contributed by atoms with van der Waals surface area (Å²) in [7, 11) is -1.03. The molecule has 4 aliphatic rings. The summed E-state index contributed by atoms with van der Waals surface area (Å²) in [6.07, 6.45) is 4.57. The van der Waals surface area contributed by atoms with E-state index in [-0.39, 0.29) is 6.10 Å². The number of piperidine rings is 1. The summed E-state index contributed by atoms with van der Waals surface area (Å²) in [4.78, 5) is 15.1. The molecule has 1 unspecified atom stereocenters. The van der Waals surface area contributed by atoms with Crippen molar-refractivity contribution in [2.75, 3.05) is 68.6 Å². The summed E-state index contributed by atoms with van der Waals surface area (Å²) in [6, 6.07) is 8.58. The number of aryl methyl sites for hydroxylation is 1. The Labute approximate surface area is 227 Å². The van der Waals surface area contributed by atoms with Crippen molar-refractivity contribution in [1.82, 2.24) is 14.9 Å². The van der Waals surface area contributed by atoms with Crippen molar-refractivity contribution in [3.05, 3.63) is 42.1 Å². The lowest BCUT2D eigenvalue weighted by Gasteiger charge is -2.33. The molecule has 10 heteroatoms. The Morgan fingerprint density at radius 1 is 0.974 bits per heavy atom. The summed E-state index contributed by atoms with van der Waals surface area (Å²) in [5, 5.41) is 3.57. The van der Waals surface area contributed by atoms with Crippen molar-refractivity contribution in [2.24, 2.45) is 0 Å². The van der Waals surface area contributed by atoms with Crippen molar-refractivity contribution in [3.8, 4) is 5.75 Å². The highest BCUT2D eigenvalue weighted by Crippen LogP contribution is 2.32. The van der Waals surface area contributed by atoms with Crippen molar-refractivity contribution in [2.45, 2.75) is 49.1 Å². The van der Waals surface area contributed by atoms with Crippen molar-refractivity contribution in [1.29, 1.82) is 0 Å². The molecule has 1 N–H and O–H groups in total. The molecule has 0 amide bonds. The predicted molar refractivity (Wildman–Crippen MR) is 148 cm³/mol. The van der Waals surface area contributed by atoms with E-state index in [1.165, 1.54) is 0 Å². The second kappa shape index (κ2) is 11.6. The highest BCUT2D eigenvalue weighted by atomic mass is 32.2. The lowest BCUT2D eigenvalue weighted by molar-refractivity contribution is 0.0641. The molecule has 3 saturated heterocycles. The number of ether oxygens (including phenoxy) is 3. The minimum atomic E-state index is -1.03. The fourth-order valence-corrected chi connectivity index (χ4v) is 6.88. The first kappa shape index (κ1) is 25.6. The second-order valence-electron chi connectivity index (χ2n) is 10.4. The van der Waals surface area contributed by atoms with E-state index in [0.29, 0.717) is 11.8 Å². The fraction of sp³-hybridized carbons (Fsp3) is 0.571. The molecule has 1 aromatic carbocycles. The van der Waals surface area contributed by atoms with Gasteiger partial charge >= 0.3 is 0 Å². The van der Waals surface area contributed by atoms with E-state index in [0.717, 1.165) is 124 Å². The molecule has 5 heterocycles. The standard InChI is InChI=1S/C28H37N5O4S/c1-20(32-13-17-36-18-14-32)21-2-4-23(5-3-21)37-24-6-11-33(12-7-24)28-30-25-10-19-38(34)26(25)27(31-28)29-22-8-15-35-16-9-22/h2-5,22,24H,1,6-19H2,(H,29,30,31). The molecule has 0 spiro atoms. The summed E-state index contributed by atoms with van der Waals surface area (Å²) in [5.74, 6) is 3.01. The smallest absolute Gasteiger partial charge is 0.227 e. The van der Waals surface area contributed by atoms with Crippen molar-refractivity contribution >= 4 is 28.3 Å². The molecule has 0 saturated carbocycles. The number of fused-ring (bicyclic) bond motifs is 1. The normalized spacial score (nSPS) is 22.8. The highest BCUT2D eigenvalue weighted by molar-refractivity contribution is 7.85. The third kappa shape index (κ3) is 5.67. The number of hydrogen-bond donors (Lipinski definition) is 1. The first-order valence-electron chi connectivity index (χ1n) is 13.8. The van der Waals surface area contributed by atoms with Gasteiger partial charge in [0.25, 0.3) is 0 Å². The van der Waals surface area contributed by atoms with Gasteiger partial charge in [0, 0.05) is 76.1 Å². The Balaban J connectivity index is 1.07. The first-order chi connectivity index (χ1) is 18.6. The number of nitrogens with zero attached hydrogens (tertiary/aromatic N) is 4. The average molecular weight is 540 g/mol. The molecule has 9 nitrogen and oxygen atoms in total. The van der Waals surface area contributed by atoms with E-state index in [1.807, 2.05) is 12.1 Å². The SMILES string of the molecule is C=C(c1ccc(OC2CCN(c3nc4c(c(NC5CCOCC5)n3)S(=O)CC4)CC2)cc1)N1CCOCC1. The molecule has 3 fully saturated rings. The number of nitrogens with one attached hydrogen (secondary N) is 1. The molecule has 38 heavy (non-hydrogen) atoms. The van der Waals surface area contributed by atoms with Gasteiger partial charge in [0.05, 0.1) is 29.7 Å². The van der Waals surface area contributed by atoms with E-state index in [4.69, 9.17) is 24.2 Å². The lowest BCUT2D eigenvalue weighted by Crippen LogP contribution is -2.39. The topological polar surface area (TPSA) is 89.1 Å². The Morgan fingerprint density at radius 3 is 2.42 bits per heavy atom. The molecule has 1 atom stereocenters. The van der Waals surface area contributed by atoms with Crippen molar-refractivity contribution in [3.63, 3.8) is 0 Å². The Hall–Kier alpha value is -2.69. The molecule has 2 aromatic rings. The maximum Gasteiger partial charge on any atom is 0.227 e. The van der Waals surface area contributed by atoms with Gasteiger partial charge in [-0.25, -0.2) is 4.98 Å². The lowest BCUT2D eigenvalue weighted by atomic mass is 10.1. The van der Waals surface area contributed by atoms with Crippen LogP contribution in [-0.4, -0.2) is 89.6 Å². The second-order valence-corrected chi connectivity index (χ2v) is 11.9. The minimum absolute atomic E-state index is 0.154. The molecular formula is C28H37N5O4S. The number of anilines is 2. The van der Waals surface area contributed by atoms with Gasteiger partial charge in [-0.05, 0) is 42.7 Å². The summed E-state index contributed by atoms with van der Waals surface area (Å²) in [6.45, 7) is 10.7. The van der Waals surface area contributed by atoms with Gasteiger partial charge in [-0.15, -0.1) is 0 Å². The van der Waals surface area contributed by atoms with E-state index < -0.39 is 10.8 Å². The maximum absolute atomic E-state index is 12.7. The first-order valence-corrected chi connectivity index (χ1v) is 15.1. The Morgan fingerprint density at radius 2 is 1.68 bits per heavy atom. The molecule has 0 radical (unpaired) electrons. The minimum Gasteiger partial charge on any atom is -0.490 e. The van der Waals surface area contributed by atoms with Crippen LogP contribution in [-0.2, 0) is 26.7 Å². The molecule has 0 bridgehead atoms. The molecule has 6 rings (SSSR count). The molecular weight excluding hydrogens is 502 g/mol. The third-order valence-electron chi connectivity index (χ3n) is 7.85. The maximum atomic E-state index is 12.7. The van der Waals surface area contributed by atoms with Gasteiger partial charge < -0.3 is 29.3 Å². The fourth-order valence-electron chi connectivity index (χ4n) is 5.57. The Bertz CT molecular complexity index is 1160. The quantitative estimate of drug-likeness (QED) is 0.570. The van der Waals surface area contributed by atoms with Gasteiger partial charge in [-0.1, -0.05) is 6.58 Å².